The summed E-state index contributed by atoms with van der Waals surface area (Å²) in [4.78, 5) is 2.35. The minimum Gasteiger partial charge on any atom is -0.497 e. The van der Waals surface area contributed by atoms with Crippen LogP contribution in [0.3, 0.4) is 0 Å². The zero-order valence-electron chi connectivity index (χ0n) is 9.31. The molecule has 13 heavy (non-hydrogen) atoms. The first-order valence-electron chi connectivity index (χ1n) is 5.27. The highest BCUT2D eigenvalue weighted by Crippen LogP contribution is 2.02. The van der Waals surface area contributed by atoms with Crippen LogP contribution in [0.25, 0.3) is 0 Å². The second-order valence-corrected chi connectivity index (χ2v) is 3.16. The molecule has 0 fully saturated rings. The van der Waals surface area contributed by atoms with Gasteiger partial charge in [-0.2, -0.15) is 0 Å². The molecule has 0 rings (SSSR count). The number of rotatable bonds is 8. The van der Waals surface area contributed by atoms with Gasteiger partial charge in [-0.25, -0.2) is 0 Å². The molecule has 0 unspecified atom stereocenters. The van der Waals surface area contributed by atoms with Gasteiger partial charge in [-0.05, 0) is 19.5 Å². The Hall–Kier alpha value is -0.500. The minimum atomic E-state index is 0.778. The van der Waals surface area contributed by atoms with Gasteiger partial charge in [-0.3, -0.25) is 0 Å². The first-order valence-corrected chi connectivity index (χ1v) is 5.27. The summed E-state index contributed by atoms with van der Waals surface area (Å²) in [7, 11) is 0. The quantitative estimate of drug-likeness (QED) is 0.539. The summed E-state index contributed by atoms with van der Waals surface area (Å²) < 4.78 is 5.48. The largest absolute Gasteiger partial charge is 0.497 e. The summed E-state index contributed by atoms with van der Waals surface area (Å²) in [5, 5.41) is 0. The molecule has 0 aliphatic rings. The van der Waals surface area contributed by atoms with Crippen LogP contribution in [-0.4, -0.2) is 31.1 Å². The summed E-state index contributed by atoms with van der Waals surface area (Å²) >= 11 is 0. The lowest BCUT2D eigenvalue weighted by atomic mass is 10.3. The molecule has 0 aliphatic carbocycles. The summed E-state index contributed by atoms with van der Waals surface area (Å²) in [6, 6.07) is 0. The monoisotopic (exact) mass is 185 g/mol. The third kappa shape index (κ3) is 6.64. The van der Waals surface area contributed by atoms with Crippen LogP contribution < -0.4 is 0 Å². The number of hydrogen-bond acceptors (Lipinski definition) is 2. The first kappa shape index (κ1) is 12.5. The maximum atomic E-state index is 5.48. The molecule has 2 heteroatoms. The van der Waals surface area contributed by atoms with E-state index in [1.54, 1.807) is 0 Å². The SMILES string of the molecule is C=C(CCC)OCCN(CC)CC. The van der Waals surface area contributed by atoms with Crippen LogP contribution in [0.5, 0.6) is 0 Å². The molecule has 0 N–H and O–H groups in total. The summed E-state index contributed by atoms with van der Waals surface area (Å²) in [5.41, 5.74) is 0. The van der Waals surface area contributed by atoms with E-state index in [1.807, 2.05) is 0 Å². The number of hydrogen-bond donors (Lipinski definition) is 0. The lowest BCUT2D eigenvalue weighted by Crippen LogP contribution is -2.26. The van der Waals surface area contributed by atoms with Gasteiger partial charge in [0.2, 0.25) is 0 Å². The van der Waals surface area contributed by atoms with Gasteiger partial charge in [0.05, 0.1) is 5.76 Å². The molecular weight excluding hydrogens is 162 g/mol. The standard InChI is InChI=1S/C11H23NO/c1-5-8-11(4)13-10-9-12(6-2)7-3/h4-10H2,1-3H3. The zero-order chi connectivity index (χ0) is 10.1. The van der Waals surface area contributed by atoms with E-state index in [0.717, 1.165) is 44.8 Å². The van der Waals surface area contributed by atoms with Crippen molar-refractivity contribution in [3.05, 3.63) is 12.3 Å². The molecule has 0 atom stereocenters. The number of allylic oxidation sites excluding steroid dienone is 1. The molecule has 0 aromatic carbocycles. The lowest BCUT2D eigenvalue weighted by Gasteiger charge is -2.18. The van der Waals surface area contributed by atoms with Crippen molar-refractivity contribution < 1.29 is 4.74 Å². The highest BCUT2D eigenvalue weighted by atomic mass is 16.5. The van der Waals surface area contributed by atoms with E-state index >= 15 is 0 Å². The zero-order valence-corrected chi connectivity index (χ0v) is 9.31. The molecule has 0 radical (unpaired) electrons. The number of nitrogens with zero attached hydrogens (tertiary/aromatic N) is 1. The fourth-order valence-corrected chi connectivity index (χ4v) is 1.21. The Morgan fingerprint density at radius 2 is 1.85 bits per heavy atom. The number of ether oxygens (including phenoxy) is 1. The molecule has 0 heterocycles. The van der Waals surface area contributed by atoms with Crippen LogP contribution in [0.2, 0.25) is 0 Å². The Kier molecular flexibility index (Phi) is 7.80. The molecule has 78 valence electrons. The predicted molar refractivity (Wildman–Crippen MR) is 57.8 cm³/mol. The van der Waals surface area contributed by atoms with Crippen molar-refractivity contribution in [2.45, 2.75) is 33.6 Å². The fraction of sp³-hybridized carbons (Fsp3) is 0.818. The smallest absolute Gasteiger partial charge is 0.100 e. The van der Waals surface area contributed by atoms with Gasteiger partial charge in [0.25, 0.3) is 0 Å². The van der Waals surface area contributed by atoms with E-state index < -0.39 is 0 Å². The van der Waals surface area contributed by atoms with Gasteiger partial charge in [0.15, 0.2) is 0 Å². The van der Waals surface area contributed by atoms with Crippen molar-refractivity contribution >= 4 is 0 Å². The highest BCUT2D eigenvalue weighted by molar-refractivity contribution is 4.81. The van der Waals surface area contributed by atoms with Crippen molar-refractivity contribution in [1.82, 2.24) is 4.90 Å². The minimum absolute atomic E-state index is 0.778. The van der Waals surface area contributed by atoms with Crippen molar-refractivity contribution in [3.63, 3.8) is 0 Å². The molecule has 2 nitrogen and oxygen atoms in total. The van der Waals surface area contributed by atoms with Crippen molar-refractivity contribution in [2.75, 3.05) is 26.2 Å². The Morgan fingerprint density at radius 3 is 2.31 bits per heavy atom. The van der Waals surface area contributed by atoms with E-state index in [9.17, 15) is 0 Å². The van der Waals surface area contributed by atoms with E-state index in [0.29, 0.717) is 0 Å². The van der Waals surface area contributed by atoms with E-state index in [1.165, 1.54) is 0 Å². The van der Waals surface area contributed by atoms with Crippen LogP contribution in [0.1, 0.15) is 33.6 Å². The third-order valence-corrected chi connectivity index (χ3v) is 2.14. The first-order chi connectivity index (χ1) is 6.24. The van der Waals surface area contributed by atoms with Gasteiger partial charge in [0.1, 0.15) is 6.61 Å². The van der Waals surface area contributed by atoms with Gasteiger partial charge >= 0.3 is 0 Å². The molecule has 0 aromatic heterocycles. The van der Waals surface area contributed by atoms with Crippen molar-refractivity contribution in [3.8, 4) is 0 Å². The van der Waals surface area contributed by atoms with Gasteiger partial charge < -0.3 is 9.64 Å². The van der Waals surface area contributed by atoms with Gasteiger partial charge in [-0.15, -0.1) is 0 Å². The van der Waals surface area contributed by atoms with Crippen molar-refractivity contribution in [2.24, 2.45) is 0 Å². The second kappa shape index (κ2) is 8.11. The Balaban J connectivity index is 3.37. The Labute approximate surface area is 82.6 Å². The topological polar surface area (TPSA) is 12.5 Å². The van der Waals surface area contributed by atoms with Gasteiger partial charge in [-0.1, -0.05) is 27.4 Å². The average Bonchev–Trinajstić information content (AvgIpc) is 2.13. The van der Waals surface area contributed by atoms with Crippen LogP contribution in [-0.2, 0) is 4.74 Å². The van der Waals surface area contributed by atoms with Crippen molar-refractivity contribution in [1.29, 1.82) is 0 Å². The molecular formula is C11H23NO. The summed E-state index contributed by atoms with van der Waals surface area (Å²) in [5.74, 6) is 0.926. The normalized spacial score (nSPS) is 10.5. The molecule has 0 aromatic rings. The molecule has 0 bridgehead atoms. The fourth-order valence-electron chi connectivity index (χ4n) is 1.21. The maximum absolute atomic E-state index is 5.48. The Morgan fingerprint density at radius 1 is 1.23 bits per heavy atom. The highest BCUT2D eigenvalue weighted by Gasteiger charge is 1.99. The second-order valence-electron chi connectivity index (χ2n) is 3.16. The average molecular weight is 185 g/mol. The molecule has 0 saturated carbocycles. The lowest BCUT2D eigenvalue weighted by molar-refractivity contribution is 0.158. The summed E-state index contributed by atoms with van der Waals surface area (Å²) in [6.07, 6.45) is 2.10. The van der Waals surface area contributed by atoms with Crippen LogP contribution in [0, 0.1) is 0 Å². The number of likely N-dealkylation sites (N-methyl/N-ethyl adjacent to an activating group) is 1. The maximum Gasteiger partial charge on any atom is 0.100 e. The van der Waals surface area contributed by atoms with Gasteiger partial charge in [0, 0.05) is 13.0 Å². The molecule has 0 aliphatic heterocycles. The van der Waals surface area contributed by atoms with E-state index in [4.69, 9.17) is 4.74 Å². The summed E-state index contributed by atoms with van der Waals surface area (Å²) in [6.45, 7) is 14.3. The van der Waals surface area contributed by atoms with E-state index in [2.05, 4.69) is 32.3 Å². The van der Waals surface area contributed by atoms with E-state index in [-0.39, 0.29) is 0 Å². The molecule has 0 spiro atoms. The Bertz CT molecular complexity index is 130. The van der Waals surface area contributed by atoms with Crippen LogP contribution in [0.4, 0.5) is 0 Å². The molecule has 0 saturated heterocycles. The molecule has 0 amide bonds. The predicted octanol–water partition coefficient (Wildman–Crippen LogP) is 2.66. The third-order valence-electron chi connectivity index (χ3n) is 2.14. The van der Waals surface area contributed by atoms with Crippen LogP contribution in [0.15, 0.2) is 12.3 Å². The van der Waals surface area contributed by atoms with Crippen LogP contribution >= 0.6 is 0 Å².